The molecule has 3 heterocycles. The number of pyridine rings is 1. The number of H-pyrrole nitrogens is 1. The molecule has 0 aromatic carbocycles. The van der Waals surface area contributed by atoms with Gasteiger partial charge in [-0.25, -0.2) is 4.98 Å². The van der Waals surface area contributed by atoms with Gasteiger partial charge in [-0.1, -0.05) is 31.7 Å². The molecule has 0 aliphatic rings. The van der Waals surface area contributed by atoms with Crippen LogP contribution in [0.3, 0.4) is 0 Å². The normalized spacial score (nSPS) is 11.3. The van der Waals surface area contributed by atoms with Crippen LogP contribution in [0.2, 0.25) is 0 Å². The van der Waals surface area contributed by atoms with Gasteiger partial charge in [0.25, 0.3) is 0 Å². The highest BCUT2D eigenvalue weighted by Gasteiger charge is 2.09. The van der Waals surface area contributed by atoms with Gasteiger partial charge >= 0.3 is 0 Å². The van der Waals surface area contributed by atoms with Crippen LogP contribution in [0.1, 0.15) is 31.0 Å². The quantitative estimate of drug-likeness (QED) is 0.650. The zero-order valence-corrected chi connectivity index (χ0v) is 14.8. The Morgan fingerprint density at radius 3 is 2.96 bits per heavy atom. The lowest BCUT2D eigenvalue weighted by Crippen LogP contribution is -1.92. The highest BCUT2D eigenvalue weighted by molar-refractivity contribution is 7.98. The van der Waals surface area contributed by atoms with Gasteiger partial charge in [-0.05, 0) is 30.9 Å². The van der Waals surface area contributed by atoms with Crippen LogP contribution in [-0.4, -0.2) is 25.1 Å². The molecule has 0 aliphatic carbocycles. The van der Waals surface area contributed by atoms with Crippen molar-refractivity contribution >= 4 is 23.1 Å². The molecule has 120 valence electrons. The van der Waals surface area contributed by atoms with E-state index in [0.29, 0.717) is 5.82 Å². The highest BCUT2D eigenvalue weighted by Crippen LogP contribution is 2.23. The van der Waals surface area contributed by atoms with Crippen molar-refractivity contribution in [2.75, 3.05) is 0 Å². The van der Waals surface area contributed by atoms with Crippen LogP contribution in [0.4, 0.5) is 0 Å². The summed E-state index contributed by atoms with van der Waals surface area (Å²) >= 11 is 3.34. The van der Waals surface area contributed by atoms with Crippen LogP contribution in [0, 0.1) is 5.92 Å². The minimum atomic E-state index is 0.698. The maximum Gasteiger partial charge on any atom is 0.209 e. The Kier molecular flexibility index (Phi) is 5.40. The number of thioether (sulfide) groups is 1. The number of nitrogens with one attached hydrogen (secondary N) is 1. The van der Waals surface area contributed by atoms with Crippen LogP contribution < -0.4 is 0 Å². The number of thiazole rings is 1. The van der Waals surface area contributed by atoms with Gasteiger partial charge in [0, 0.05) is 17.3 Å². The van der Waals surface area contributed by atoms with E-state index in [1.165, 1.54) is 11.4 Å². The smallest absolute Gasteiger partial charge is 0.209 e. The minimum absolute atomic E-state index is 0.698. The highest BCUT2D eigenvalue weighted by atomic mass is 32.2. The fourth-order valence-electron chi connectivity index (χ4n) is 2.01. The first-order valence-electron chi connectivity index (χ1n) is 7.60. The minimum Gasteiger partial charge on any atom is -0.257 e. The van der Waals surface area contributed by atoms with Gasteiger partial charge < -0.3 is 0 Å². The van der Waals surface area contributed by atoms with Gasteiger partial charge in [-0.2, -0.15) is 4.98 Å². The zero-order valence-electron chi connectivity index (χ0n) is 13.2. The Morgan fingerprint density at radius 1 is 1.26 bits per heavy atom. The van der Waals surface area contributed by atoms with Gasteiger partial charge in [0.05, 0.1) is 10.7 Å². The lowest BCUT2D eigenvalue weighted by Gasteiger charge is -2.00. The van der Waals surface area contributed by atoms with E-state index in [0.717, 1.165) is 34.6 Å². The van der Waals surface area contributed by atoms with Crippen molar-refractivity contribution in [2.45, 2.75) is 37.6 Å². The molecule has 0 atom stereocenters. The third-order valence-electron chi connectivity index (χ3n) is 3.26. The van der Waals surface area contributed by atoms with Crippen molar-refractivity contribution in [3.63, 3.8) is 0 Å². The average molecular weight is 345 g/mol. The summed E-state index contributed by atoms with van der Waals surface area (Å²) in [6.45, 7) is 4.49. The van der Waals surface area contributed by atoms with Gasteiger partial charge in [-0.15, -0.1) is 16.4 Å². The van der Waals surface area contributed by atoms with Crippen LogP contribution >= 0.6 is 23.1 Å². The molecule has 0 unspecified atom stereocenters. The second-order valence-electron chi connectivity index (χ2n) is 5.64. The molecular formula is C16H19N5S2. The van der Waals surface area contributed by atoms with Crippen LogP contribution in [-0.2, 0) is 12.2 Å². The number of rotatable bonds is 7. The summed E-state index contributed by atoms with van der Waals surface area (Å²) < 4.78 is 0. The monoisotopic (exact) mass is 345 g/mol. The SMILES string of the molecule is CC(C)CCc1nc(CSc2n[nH]c(-c3ccccn3)n2)cs1. The van der Waals surface area contributed by atoms with E-state index in [4.69, 9.17) is 0 Å². The summed E-state index contributed by atoms with van der Waals surface area (Å²) in [4.78, 5) is 13.4. The van der Waals surface area contributed by atoms with Crippen molar-refractivity contribution in [3.05, 3.63) is 40.5 Å². The molecule has 0 fully saturated rings. The number of aromatic nitrogens is 5. The van der Waals surface area contributed by atoms with Crippen LogP contribution in [0.15, 0.2) is 34.9 Å². The predicted molar refractivity (Wildman–Crippen MR) is 94.4 cm³/mol. The summed E-state index contributed by atoms with van der Waals surface area (Å²) in [6.07, 6.45) is 4.00. The van der Waals surface area contributed by atoms with E-state index in [-0.39, 0.29) is 0 Å². The number of nitrogens with zero attached hydrogens (tertiary/aromatic N) is 4. The zero-order chi connectivity index (χ0) is 16.1. The van der Waals surface area contributed by atoms with Crippen LogP contribution in [0.25, 0.3) is 11.5 Å². The van der Waals surface area contributed by atoms with E-state index in [1.807, 2.05) is 18.2 Å². The third kappa shape index (κ3) is 4.62. The molecule has 0 bridgehead atoms. The Balaban J connectivity index is 1.56. The maximum absolute atomic E-state index is 4.68. The summed E-state index contributed by atoms with van der Waals surface area (Å²) in [5, 5.41) is 11.2. The first kappa shape index (κ1) is 16.1. The fourth-order valence-corrected chi connectivity index (χ4v) is 3.62. The van der Waals surface area contributed by atoms with Crippen molar-refractivity contribution in [2.24, 2.45) is 5.92 Å². The first-order chi connectivity index (χ1) is 11.2. The summed E-state index contributed by atoms with van der Waals surface area (Å²) in [7, 11) is 0. The van der Waals surface area contributed by atoms with Gasteiger partial charge in [-0.3, -0.25) is 10.1 Å². The Morgan fingerprint density at radius 2 is 2.17 bits per heavy atom. The van der Waals surface area contributed by atoms with Crippen molar-refractivity contribution in [3.8, 4) is 11.5 Å². The fraction of sp³-hybridized carbons (Fsp3) is 0.375. The molecular weight excluding hydrogens is 326 g/mol. The van der Waals surface area contributed by atoms with Gasteiger partial charge in [0.15, 0.2) is 5.82 Å². The molecule has 0 saturated heterocycles. The van der Waals surface area contributed by atoms with Gasteiger partial charge in [0.1, 0.15) is 5.69 Å². The molecule has 0 spiro atoms. The lowest BCUT2D eigenvalue weighted by atomic mass is 10.1. The molecule has 5 nitrogen and oxygen atoms in total. The largest absolute Gasteiger partial charge is 0.257 e. The number of aromatic amines is 1. The maximum atomic E-state index is 4.68. The third-order valence-corrected chi connectivity index (χ3v) is 5.09. The second kappa shape index (κ2) is 7.70. The van der Waals surface area contributed by atoms with E-state index >= 15 is 0 Å². The number of aryl methyl sites for hydroxylation is 1. The number of hydrogen-bond acceptors (Lipinski definition) is 6. The molecule has 3 rings (SSSR count). The van der Waals surface area contributed by atoms with E-state index in [9.17, 15) is 0 Å². The summed E-state index contributed by atoms with van der Waals surface area (Å²) in [5.74, 6) is 2.21. The molecule has 0 radical (unpaired) electrons. The van der Waals surface area contributed by atoms with Crippen LogP contribution in [0.5, 0.6) is 0 Å². The predicted octanol–water partition coefficient (Wildman–Crippen LogP) is 4.20. The molecule has 3 aromatic heterocycles. The molecule has 23 heavy (non-hydrogen) atoms. The van der Waals surface area contributed by atoms with Crippen molar-refractivity contribution in [1.82, 2.24) is 25.1 Å². The number of hydrogen-bond donors (Lipinski definition) is 1. The van der Waals surface area contributed by atoms with Gasteiger partial charge in [0.2, 0.25) is 5.16 Å². The molecule has 0 saturated carbocycles. The van der Waals surface area contributed by atoms with E-state index < -0.39 is 0 Å². The van der Waals surface area contributed by atoms with Crippen molar-refractivity contribution < 1.29 is 0 Å². The van der Waals surface area contributed by atoms with E-state index in [2.05, 4.69) is 44.4 Å². The Hall–Kier alpha value is -1.73. The molecule has 0 aliphatic heterocycles. The lowest BCUT2D eigenvalue weighted by molar-refractivity contribution is 0.585. The standard InChI is InChI=1S/C16H19N5S2/c1-11(2)6-7-14-18-12(9-22-14)10-23-16-19-15(20-21-16)13-5-3-4-8-17-13/h3-5,8-9,11H,6-7,10H2,1-2H3,(H,19,20,21). The summed E-state index contributed by atoms with van der Waals surface area (Å²) in [6, 6.07) is 5.73. The molecule has 3 aromatic rings. The summed E-state index contributed by atoms with van der Waals surface area (Å²) in [5.41, 5.74) is 1.90. The average Bonchev–Trinajstić information content (AvgIpc) is 3.21. The first-order valence-corrected chi connectivity index (χ1v) is 9.47. The molecule has 0 amide bonds. The van der Waals surface area contributed by atoms with Crippen molar-refractivity contribution in [1.29, 1.82) is 0 Å². The topological polar surface area (TPSA) is 67.3 Å². The second-order valence-corrected chi connectivity index (χ2v) is 7.52. The van der Waals surface area contributed by atoms with E-state index in [1.54, 1.807) is 29.3 Å². The Bertz CT molecular complexity index is 736. The molecule has 7 heteroatoms. The Labute approximate surface area is 144 Å². The molecule has 1 N–H and O–H groups in total.